The van der Waals surface area contributed by atoms with Crippen LogP contribution in [0.25, 0.3) is 10.2 Å². The van der Waals surface area contributed by atoms with Crippen LogP contribution in [0.3, 0.4) is 0 Å². The summed E-state index contributed by atoms with van der Waals surface area (Å²) in [5, 5.41) is 8.98. The lowest BCUT2D eigenvalue weighted by Gasteiger charge is -2.08. The smallest absolute Gasteiger partial charge is 0.184 e. The number of anilines is 1. The van der Waals surface area contributed by atoms with Crippen LogP contribution in [0.5, 0.6) is 0 Å². The number of nitrogens with one attached hydrogen (secondary N) is 2. The summed E-state index contributed by atoms with van der Waals surface area (Å²) < 4.78 is 0.952. The van der Waals surface area contributed by atoms with E-state index in [1.165, 1.54) is 0 Å². The van der Waals surface area contributed by atoms with Gasteiger partial charge < -0.3 is 10.6 Å². The molecule has 1 aromatic heterocycles. The molecule has 0 bridgehead atoms. The molecule has 2 aromatic rings. The van der Waals surface area contributed by atoms with Gasteiger partial charge in [-0.2, -0.15) is 0 Å². The zero-order chi connectivity index (χ0) is 11.8. The van der Waals surface area contributed by atoms with Crippen LogP contribution >= 0.6 is 34.5 Å². The molecule has 1 atom stereocenters. The summed E-state index contributed by atoms with van der Waals surface area (Å²) in [5.74, 6) is 0. The molecule has 0 spiro atoms. The van der Waals surface area contributed by atoms with Gasteiger partial charge in [0.25, 0.3) is 0 Å². The van der Waals surface area contributed by atoms with E-state index in [9.17, 15) is 0 Å². The minimum absolute atomic E-state index is 0.452. The Kier molecular flexibility index (Phi) is 3.13. The van der Waals surface area contributed by atoms with Crippen LogP contribution in [0.2, 0.25) is 10.0 Å². The molecular formula is C11H11Cl2N3S. The van der Waals surface area contributed by atoms with Gasteiger partial charge in [0.1, 0.15) is 5.52 Å². The molecule has 3 nitrogen and oxygen atoms in total. The van der Waals surface area contributed by atoms with Crippen LogP contribution in [0.15, 0.2) is 12.1 Å². The number of hydrogen-bond donors (Lipinski definition) is 2. The fourth-order valence-corrected chi connectivity index (χ4v) is 3.46. The van der Waals surface area contributed by atoms with E-state index in [2.05, 4.69) is 15.6 Å². The Morgan fingerprint density at radius 1 is 1.35 bits per heavy atom. The van der Waals surface area contributed by atoms with Crippen molar-refractivity contribution in [1.29, 1.82) is 0 Å². The second-order valence-electron chi connectivity index (χ2n) is 4.06. The molecule has 17 heavy (non-hydrogen) atoms. The zero-order valence-electron chi connectivity index (χ0n) is 8.96. The van der Waals surface area contributed by atoms with Gasteiger partial charge in [-0.25, -0.2) is 4.98 Å². The van der Waals surface area contributed by atoms with Crippen molar-refractivity contribution in [2.24, 2.45) is 0 Å². The van der Waals surface area contributed by atoms with Crippen LogP contribution in [-0.2, 0) is 0 Å². The Hall–Kier alpha value is -0.550. The fraction of sp³-hybridized carbons (Fsp3) is 0.364. The lowest BCUT2D eigenvalue weighted by molar-refractivity contribution is 0.792. The summed E-state index contributed by atoms with van der Waals surface area (Å²) in [6.07, 6.45) is 1.12. The normalized spacial score (nSPS) is 20.0. The Morgan fingerprint density at radius 2 is 2.18 bits per heavy atom. The molecule has 1 aromatic carbocycles. The van der Waals surface area contributed by atoms with Crippen molar-refractivity contribution in [3.8, 4) is 0 Å². The van der Waals surface area contributed by atoms with Crippen molar-refractivity contribution < 1.29 is 0 Å². The Bertz CT molecular complexity index is 510. The maximum absolute atomic E-state index is 6.13. The number of benzene rings is 1. The van der Waals surface area contributed by atoms with E-state index in [-0.39, 0.29) is 0 Å². The summed E-state index contributed by atoms with van der Waals surface area (Å²) in [7, 11) is 0. The first-order chi connectivity index (χ1) is 8.24. The molecule has 0 saturated carbocycles. The second-order valence-corrected chi connectivity index (χ2v) is 5.87. The lowest BCUT2D eigenvalue weighted by atomic mass is 10.3. The van der Waals surface area contributed by atoms with Crippen LogP contribution in [-0.4, -0.2) is 24.1 Å². The van der Waals surface area contributed by atoms with Gasteiger partial charge in [-0.3, -0.25) is 0 Å². The highest BCUT2D eigenvalue weighted by atomic mass is 35.5. The average Bonchev–Trinajstić information content (AvgIpc) is 2.94. The van der Waals surface area contributed by atoms with Crippen molar-refractivity contribution in [3.05, 3.63) is 22.2 Å². The third-order valence-electron chi connectivity index (χ3n) is 2.83. The molecule has 2 heterocycles. The van der Waals surface area contributed by atoms with Gasteiger partial charge in [0.2, 0.25) is 0 Å². The first-order valence-electron chi connectivity index (χ1n) is 5.46. The van der Waals surface area contributed by atoms with E-state index in [1.54, 1.807) is 17.4 Å². The predicted molar refractivity (Wildman–Crippen MR) is 74.5 cm³/mol. The Labute approximate surface area is 113 Å². The molecule has 6 heteroatoms. The second kappa shape index (κ2) is 4.61. The number of hydrogen-bond acceptors (Lipinski definition) is 4. The highest BCUT2D eigenvalue weighted by Crippen LogP contribution is 2.36. The topological polar surface area (TPSA) is 37.0 Å². The number of aromatic nitrogens is 1. The molecule has 1 saturated heterocycles. The van der Waals surface area contributed by atoms with Crippen molar-refractivity contribution in [3.63, 3.8) is 0 Å². The average molecular weight is 288 g/mol. The molecular weight excluding hydrogens is 277 g/mol. The highest BCUT2D eigenvalue weighted by molar-refractivity contribution is 7.22. The SMILES string of the molecule is Clc1ccc(Cl)c2sc(NC3CCNC3)nc12. The minimum Gasteiger partial charge on any atom is -0.357 e. The Balaban J connectivity index is 1.95. The molecule has 1 unspecified atom stereocenters. The summed E-state index contributed by atoms with van der Waals surface area (Å²) in [6.45, 7) is 2.04. The van der Waals surface area contributed by atoms with E-state index in [0.29, 0.717) is 16.1 Å². The largest absolute Gasteiger partial charge is 0.357 e. The van der Waals surface area contributed by atoms with E-state index >= 15 is 0 Å². The third kappa shape index (κ3) is 2.22. The molecule has 3 rings (SSSR count). The molecule has 0 aliphatic carbocycles. The Morgan fingerprint density at radius 3 is 2.88 bits per heavy atom. The van der Waals surface area contributed by atoms with Crippen LogP contribution < -0.4 is 10.6 Å². The molecule has 0 amide bonds. The van der Waals surface area contributed by atoms with Crippen molar-refractivity contribution in [2.45, 2.75) is 12.5 Å². The van der Waals surface area contributed by atoms with Crippen LogP contribution in [0.1, 0.15) is 6.42 Å². The zero-order valence-corrected chi connectivity index (χ0v) is 11.3. The third-order valence-corrected chi connectivity index (χ3v) is 4.59. The summed E-state index contributed by atoms with van der Waals surface area (Å²) >= 11 is 13.8. The summed E-state index contributed by atoms with van der Waals surface area (Å²) in [6, 6.07) is 4.05. The van der Waals surface area contributed by atoms with E-state index in [4.69, 9.17) is 23.2 Å². The lowest BCUT2D eigenvalue weighted by Crippen LogP contribution is -2.21. The van der Waals surface area contributed by atoms with Crippen molar-refractivity contribution >= 4 is 49.9 Å². The number of fused-ring (bicyclic) bond motifs is 1. The molecule has 0 radical (unpaired) electrons. The van der Waals surface area contributed by atoms with Gasteiger partial charge in [0, 0.05) is 12.6 Å². The molecule has 2 N–H and O–H groups in total. The van der Waals surface area contributed by atoms with Gasteiger partial charge >= 0.3 is 0 Å². The maximum atomic E-state index is 6.13. The first kappa shape index (κ1) is 11.5. The predicted octanol–water partition coefficient (Wildman–Crippen LogP) is 3.38. The first-order valence-corrected chi connectivity index (χ1v) is 7.03. The minimum atomic E-state index is 0.452. The van der Waals surface area contributed by atoms with Gasteiger partial charge in [0.15, 0.2) is 5.13 Å². The van der Waals surface area contributed by atoms with Gasteiger partial charge in [-0.15, -0.1) is 0 Å². The number of thiazole rings is 1. The number of halogens is 2. The van der Waals surface area contributed by atoms with E-state index in [1.807, 2.05) is 6.07 Å². The molecule has 1 fully saturated rings. The van der Waals surface area contributed by atoms with Crippen LogP contribution in [0.4, 0.5) is 5.13 Å². The standard InChI is InChI=1S/C11H11Cl2N3S/c12-7-1-2-8(13)10-9(7)16-11(17-10)15-6-3-4-14-5-6/h1-2,6,14H,3-5H2,(H,15,16). The summed E-state index contributed by atoms with van der Waals surface area (Å²) in [5.41, 5.74) is 0.789. The number of rotatable bonds is 2. The highest BCUT2D eigenvalue weighted by Gasteiger charge is 2.17. The van der Waals surface area contributed by atoms with Gasteiger partial charge in [0.05, 0.1) is 14.7 Å². The molecule has 90 valence electrons. The molecule has 1 aliphatic rings. The van der Waals surface area contributed by atoms with E-state index < -0.39 is 0 Å². The monoisotopic (exact) mass is 287 g/mol. The van der Waals surface area contributed by atoms with Crippen LogP contribution in [0, 0.1) is 0 Å². The van der Waals surface area contributed by atoms with Gasteiger partial charge in [-0.05, 0) is 25.1 Å². The molecule has 1 aliphatic heterocycles. The number of nitrogens with zero attached hydrogens (tertiary/aromatic N) is 1. The maximum Gasteiger partial charge on any atom is 0.184 e. The summed E-state index contributed by atoms with van der Waals surface area (Å²) in [4.78, 5) is 4.50. The van der Waals surface area contributed by atoms with Crippen molar-refractivity contribution in [2.75, 3.05) is 18.4 Å². The quantitative estimate of drug-likeness (QED) is 0.889. The fourth-order valence-electron chi connectivity index (χ4n) is 1.96. The van der Waals surface area contributed by atoms with E-state index in [0.717, 1.165) is 34.9 Å². The van der Waals surface area contributed by atoms with Crippen molar-refractivity contribution in [1.82, 2.24) is 10.3 Å². The van der Waals surface area contributed by atoms with Gasteiger partial charge in [-0.1, -0.05) is 34.5 Å².